The van der Waals surface area contributed by atoms with E-state index in [4.69, 9.17) is 11.5 Å². The van der Waals surface area contributed by atoms with Gasteiger partial charge in [-0.1, -0.05) is 48.5 Å². The summed E-state index contributed by atoms with van der Waals surface area (Å²) in [7, 11) is 0. The van der Waals surface area contributed by atoms with E-state index >= 15 is 0 Å². The number of benzene rings is 3. The molecule has 22 heavy (non-hydrogen) atoms. The van der Waals surface area contributed by atoms with Crippen molar-refractivity contribution in [3.05, 3.63) is 59.7 Å². The van der Waals surface area contributed by atoms with Crippen molar-refractivity contribution in [3.63, 3.8) is 0 Å². The highest BCUT2D eigenvalue weighted by Crippen LogP contribution is 2.34. The predicted molar refractivity (Wildman–Crippen MR) is 96.2 cm³/mol. The van der Waals surface area contributed by atoms with Crippen LogP contribution >= 0.6 is 0 Å². The van der Waals surface area contributed by atoms with Crippen LogP contribution in [0, 0.1) is 0 Å². The molecule has 3 aromatic rings. The molecule has 0 heterocycles. The molecule has 0 bridgehead atoms. The van der Waals surface area contributed by atoms with Gasteiger partial charge in [0, 0.05) is 12.1 Å². The average Bonchev–Trinajstić information content (AvgIpc) is 2.50. The summed E-state index contributed by atoms with van der Waals surface area (Å²) in [4.78, 5) is 0. The maximum Gasteiger partial charge on any atom is 0.00513 e. The fourth-order valence-corrected chi connectivity index (χ4v) is 3.39. The van der Waals surface area contributed by atoms with Crippen LogP contribution < -0.4 is 11.5 Å². The predicted octanol–water partition coefficient (Wildman–Crippen LogP) is 3.77. The Morgan fingerprint density at radius 2 is 0.909 bits per heavy atom. The Morgan fingerprint density at radius 1 is 0.636 bits per heavy atom. The van der Waals surface area contributed by atoms with Gasteiger partial charge in [0.2, 0.25) is 0 Å². The summed E-state index contributed by atoms with van der Waals surface area (Å²) in [6, 6.07) is 17.6. The smallest absolute Gasteiger partial charge is 0.00513 e. The Morgan fingerprint density at radius 3 is 1.14 bits per heavy atom. The lowest BCUT2D eigenvalue weighted by Gasteiger charge is -2.19. The highest BCUT2D eigenvalue weighted by molar-refractivity contribution is 6.05. The second-order valence-corrected chi connectivity index (χ2v) is 6.41. The molecule has 0 fully saturated rings. The normalized spacial score (nSPS) is 14.4. The van der Waals surface area contributed by atoms with Crippen molar-refractivity contribution in [2.75, 3.05) is 0 Å². The van der Waals surface area contributed by atoms with E-state index in [1.165, 1.54) is 32.7 Å². The first-order chi connectivity index (χ1) is 10.6. The van der Waals surface area contributed by atoms with Crippen LogP contribution in [0.5, 0.6) is 0 Å². The van der Waals surface area contributed by atoms with Crippen molar-refractivity contribution < 1.29 is 0 Å². The minimum atomic E-state index is 0.145. The molecule has 0 radical (unpaired) electrons. The first-order valence-corrected chi connectivity index (χ1v) is 8.00. The van der Waals surface area contributed by atoms with Gasteiger partial charge in [0.25, 0.3) is 0 Å². The molecular weight excluding hydrogens is 268 g/mol. The topological polar surface area (TPSA) is 52.0 Å². The summed E-state index contributed by atoms with van der Waals surface area (Å²) in [6.07, 6.45) is 1.78. The van der Waals surface area contributed by atoms with Crippen molar-refractivity contribution in [1.82, 2.24) is 0 Å². The van der Waals surface area contributed by atoms with Gasteiger partial charge in [0.1, 0.15) is 0 Å². The molecule has 2 heteroatoms. The van der Waals surface area contributed by atoms with Crippen molar-refractivity contribution in [2.45, 2.75) is 38.8 Å². The van der Waals surface area contributed by atoms with Crippen molar-refractivity contribution in [3.8, 4) is 0 Å². The Balaban J connectivity index is 2.42. The lowest BCUT2D eigenvalue weighted by atomic mass is 9.87. The molecule has 0 saturated carbocycles. The molecule has 0 aromatic heterocycles. The maximum atomic E-state index is 6.11. The van der Waals surface area contributed by atoms with E-state index in [0.717, 1.165) is 12.8 Å². The summed E-state index contributed by atoms with van der Waals surface area (Å²) < 4.78 is 0. The molecule has 2 nitrogen and oxygen atoms in total. The number of hydrogen-bond acceptors (Lipinski definition) is 2. The molecule has 3 rings (SSSR count). The van der Waals surface area contributed by atoms with E-state index in [2.05, 4.69) is 62.4 Å². The highest BCUT2D eigenvalue weighted by atomic mass is 14.6. The molecule has 3 aromatic carbocycles. The lowest BCUT2D eigenvalue weighted by Crippen LogP contribution is -2.20. The third-order valence-electron chi connectivity index (χ3n) is 4.21. The quantitative estimate of drug-likeness (QED) is 0.719. The van der Waals surface area contributed by atoms with Gasteiger partial charge in [0.15, 0.2) is 0 Å². The van der Waals surface area contributed by atoms with Gasteiger partial charge in [-0.25, -0.2) is 0 Å². The molecule has 4 N–H and O–H groups in total. The summed E-state index contributed by atoms with van der Waals surface area (Å²) in [6.45, 7) is 4.14. The van der Waals surface area contributed by atoms with E-state index in [-0.39, 0.29) is 12.1 Å². The zero-order chi connectivity index (χ0) is 15.7. The summed E-state index contributed by atoms with van der Waals surface area (Å²) in [5.41, 5.74) is 14.9. The van der Waals surface area contributed by atoms with Gasteiger partial charge in [-0.05, 0) is 59.4 Å². The van der Waals surface area contributed by atoms with Gasteiger partial charge in [0.05, 0.1) is 0 Å². The molecule has 0 amide bonds. The minimum absolute atomic E-state index is 0.145. The number of hydrogen-bond donors (Lipinski definition) is 2. The summed E-state index contributed by atoms with van der Waals surface area (Å²) >= 11 is 0. The first-order valence-electron chi connectivity index (χ1n) is 8.00. The van der Waals surface area contributed by atoms with Gasteiger partial charge < -0.3 is 11.5 Å². The molecular formula is C20H24N2. The molecule has 0 spiro atoms. The van der Waals surface area contributed by atoms with Gasteiger partial charge >= 0.3 is 0 Å². The Bertz CT molecular complexity index is 678. The average molecular weight is 292 g/mol. The first kappa shape index (κ1) is 15.0. The van der Waals surface area contributed by atoms with Gasteiger partial charge in [-0.15, -0.1) is 0 Å². The molecule has 0 aliphatic heterocycles. The van der Waals surface area contributed by atoms with Crippen LogP contribution in [0.2, 0.25) is 0 Å². The molecule has 2 unspecified atom stereocenters. The van der Waals surface area contributed by atoms with Crippen LogP contribution in [-0.2, 0) is 12.8 Å². The van der Waals surface area contributed by atoms with E-state index in [1.54, 1.807) is 0 Å². The number of nitrogens with two attached hydrogens (primary N) is 2. The van der Waals surface area contributed by atoms with Crippen molar-refractivity contribution in [2.24, 2.45) is 11.5 Å². The second kappa shape index (κ2) is 6.07. The van der Waals surface area contributed by atoms with Crippen LogP contribution in [0.1, 0.15) is 25.0 Å². The van der Waals surface area contributed by atoms with Crippen LogP contribution in [0.15, 0.2) is 48.5 Å². The minimum Gasteiger partial charge on any atom is -0.328 e. The Kier molecular flexibility index (Phi) is 4.14. The van der Waals surface area contributed by atoms with Crippen molar-refractivity contribution >= 4 is 21.5 Å². The third-order valence-corrected chi connectivity index (χ3v) is 4.21. The van der Waals surface area contributed by atoms with Crippen molar-refractivity contribution in [1.29, 1.82) is 0 Å². The Labute approximate surface area is 132 Å². The van der Waals surface area contributed by atoms with E-state index in [1.807, 2.05) is 0 Å². The monoisotopic (exact) mass is 292 g/mol. The summed E-state index contributed by atoms with van der Waals surface area (Å²) in [5, 5.41) is 5.26. The van der Waals surface area contributed by atoms with Crippen LogP contribution in [0.3, 0.4) is 0 Å². The van der Waals surface area contributed by atoms with E-state index in [9.17, 15) is 0 Å². The van der Waals surface area contributed by atoms with Gasteiger partial charge in [-0.3, -0.25) is 0 Å². The van der Waals surface area contributed by atoms with Crippen LogP contribution in [0.25, 0.3) is 21.5 Å². The third kappa shape index (κ3) is 2.72. The molecule has 0 saturated heterocycles. The van der Waals surface area contributed by atoms with E-state index in [0.29, 0.717) is 0 Å². The SMILES string of the molecule is CC(N)Cc1c2ccccc2c(CC(C)N)c2ccccc12. The summed E-state index contributed by atoms with van der Waals surface area (Å²) in [5.74, 6) is 0. The van der Waals surface area contributed by atoms with Crippen LogP contribution in [0.4, 0.5) is 0 Å². The molecule has 2 atom stereocenters. The molecule has 0 aliphatic carbocycles. The van der Waals surface area contributed by atoms with Crippen LogP contribution in [-0.4, -0.2) is 12.1 Å². The Hall–Kier alpha value is -1.90. The standard InChI is InChI=1S/C20H24N2/c1-13(21)11-19-15-7-3-5-9-17(15)20(12-14(2)22)18-10-6-4-8-16(18)19/h3-10,13-14H,11-12,21-22H2,1-2H3. The molecule has 114 valence electrons. The largest absolute Gasteiger partial charge is 0.328 e. The fourth-order valence-electron chi connectivity index (χ4n) is 3.39. The second-order valence-electron chi connectivity index (χ2n) is 6.41. The highest BCUT2D eigenvalue weighted by Gasteiger charge is 2.15. The lowest BCUT2D eigenvalue weighted by molar-refractivity contribution is 0.740. The fraction of sp³-hybridized carbons (Fsp3) is 0.300. The maximum absolute atomic E-state index is 6.11. The van der Waals surface area contributed by atoms with E-state index < -0.39 is 0 Å². The zero-order valence-electron chi connectivity index (χ0n) is 13.3. The zero-order valence-corrected chi connectivity index (χ0v) is 13.3. The number of fused-ring (bicyclic) bond motifs is 2. The molecule has 0 aliphatic rings. The van der Waals surface area contributed by atoms with Gasteiger partial charge in [-0.2, -0.15) is 0 Å². The number of rotatable bonds is 4.